The number of hydrogen-bond acceptors (Lipinski definition) is 3. The lowest BCUT2D eigenvalue weighted by Crippen LogP contribution is -2.21. The summed E-state index contributed by atoms with van der Waals surface area (Å²) in [5.41, 5.74) is 0.733. The maximum atomic E-state index is 11.7. The number of nitrogens with zero attached hydrogens (tertiary/aromatic N) is 1. The molecular formula is C13H13NO3. The first-order valence-electron chi connectivity index (χ1n) is 5.38. The van der Waals surface area contributed by atoms with E-state index in [2.05, 4.69) is 4.74 Å². The van der Waals surface area contributed by atoms with E-state index in [1.807, 2.05) is 24.3 Å². The third-order valence-corrected chi connectivity index (χ3v) is 2.67. The molecule has 1 aromatic carbocycles. The van der Waals surface area contributed by atoms with Crippen LogP contribution in [0.25, 0.3) is 10.9 Å². The summed E-state index contributed by atoms with van der Waals surface area (Å²) >= 11 is 0. The van der Waals surface area contributed by atoms with Crippen molar-refractivity contribution < 1.29 is 9.53 Å². The van der Waals surface area contributed by atoms with E-state index in [1.54, 1.807) is 10.6 Å². The summed E-state index contributed by atoms with van der Waals surface area (Å²) < 4.78 is 6.16. The van der Waals surface area contributed by atoms with Gasteiger partial charge in [-0.25, -0.2) is 0 Å². The summed E-state index contributed by atoms with van der Waals surface area (Å²) in [4.78, 5) is 22.8. The Morgan fingerprint density at radius 1 is 1.24 bits per heavy atom. The van der Waals surface area contributed by atoms with Gasteiger partial charge in [0, 0.05) is 12.6 Å². The van der Waals surface area contributed by atoms with Crippen molar-refractivity contribution in [3.63, 3.8) is 0 Å². The van der Waals surface area contributed by atoms with Crippen LogP contribution in [0.15, 0.2) is 41.2 Å². The number of methoxy groups -OCH3 is 1. The molecule has 88 valence electrons. The second-order valence-corrected chi connectivity index (χ2v) is 3.71. The van der Waals surface area contributed by atoms with E-state index in [-0.39, 0.29) is 17.9 Å². The molecule has 0 spiro atoms. The molecule has 0 aliphatic carbocycles. The lowest BCUT2D eigenvalue weighted by atomic mass is 10.2. The minimum absolute atomic E-state index is 0.104. The van der Waals surface area contributed by atoms with Crippen molar-refractivity contribution in [3.8, 4) is 0 Å². The number of benzene rings is 1. The van der Waals surface area contributed by atoms with E-state index in [9.17, 15) is 9.59 Å². The van der Waals surface area contributed by atoms with Crippen LogP contribution in [0.1, 0.15) is 6.42 Å². The van der Waals surface area contributed by atoms with Gasteiger partial charge in [0.2, 0.25) is 0 Å². The second kappa shape index (κ2) is 4.82. The van der Waals surface area contributed by atoms with Gasteiger partial charge in [-0.05, 0) is 17.5 Å². The molecule has 4 heteroatoms. The number of ether oxygens (including phenoxy) is 1. The monoisotopic (exact) mass is 231 g/mol. The standard InChI is InChI=1S/C13H13NO3/c1-17-13(16)8-9-14-11-5-3-2-4-10(11)6-7-12(14)15/h2-7H,8-9H2,1H3. The van der Waals surface area contributed by atoms with E-state index >= 15 is 0 Å². The van der Waals surface area contributed by atoms with Gasteiger partial charge in [0.1, 0.15) is 0 Å². The van der Waals surface area contributed by atoms with Gasteiger partial charge in [0.25, 0.3) is 5.56 Å². The topological polar surface area (TPSA) is 48.3 Å². The molecule has 0 N–H and O–H groups in total. The molecule has 2 aromatic rings. The number of carbonyl (C=O) groups is 1. The Labute approximate surface area is 98.4 Å². The van der Waals surface area contributed by atoms with Crippen LogP contribution < -0.4 is 5.56 Å². The van der Waals surface area contributed by atoms with Crippen molar-refractivity contribution in [3.05, 3.63) is 46.8 Å². The Bertz CT molecular complexity index is 601. The highest BCUT2D eigenvalue weighted by Crippen LogP contribution is 2.11. The summed E-state index contributed by atoms with van der Waals surface area (Å²) in [6, 6.07) is 10.9. The van der Waals surface area contributed by atoms with E-state index in [0.29, 0.717) is 6.54 Å². The first kappa shape index (κ1) is 11.4. The number of pyridine rings is 1. The number of esters is 1. The lowest BCUT2D eigenvalue weighted by Gasteiger charge is -2.08. The maximum absolute atomic E-state index is 11.7. The highest BCUT2D eigenvalue weighted by atomic mass is 16.5. The van der Waals surface area contributed by atoms with Gasteiger partial charge in [-0.1, -0.05) is 18.2 Å². The molecule has 0 saturated carbocycles. The number of aromatic nitrogens is 1. The molecule has 1 aromatic heterocycles. The fraction of sp³-hybridized carbons (Fsp3) is 0.231. The van der Waals surface area contributed by atoms with Crippen LogP contribution in [-0.2, 0) is 16.1 Å². The molecule has 0 radical (unpaired) electrons. The summed E-state index contributed by atoms with van der Waals surface area (Å²) in [7, 11) is 1.34. The number of carbonyl (C=O) groups excluding carboxylic acids is 1. The number of fused-ring (bicyclic) bond motifs is 1. The summed E-state index contributed by atoms with van der Waals surface area (Å²) in [5.74, 6) is -0.315. The fourth-order valence-electron chi connectivity index (χ4n) is 1.78. The molecule has 0 saturated heterocycles. The highest BCUT2D eigenvalue weighted by molar-refractivity contribution is 5.79. The number of rotatable bonds is 3. The van der Waals surface area contributed by atoms with Crippen LogP contribution in [0, 0.1) is 0 Å². The van der Waals surface area contributed by atoms with Crippen LogP contribution in [0.3, 0.4) is 0 Å². The van der Waals surface area contributed by atoms with Gasteiger partial charge < -0.3 is 9.30 Å². The van der Waals surface area contributed by atoms with Gasteiger partial charge in [0.05, 0.1) is 19.0 Å². The molecule has 17 heavy (non-hydrogen) atoms. The molecule has 0 atom stereocenters. The third kappa shape index (κ3) is 2.36. The second-order valence-electron chi connectivity index (χ2n) is 3.71. The Kier molecular flexibility index (Phi) is 3.23. The largest absolute Gasteiger partial charge is 0.469 e. The van der Waals surface area contributed by atoms with Crippen LogP contribution in [-0.4, -0.2) is 17.6 Å². The van der Waals surface area contributed by atoms with Crippen LogP contribution in [0.2, 0.25) is 0 Å². The zero-order chi connectivity index (χ0) is 12.3. The number of aryl methyl sites for hydroxylation is 1. The summed E-state index contributed by atoms with van der Waals surface area (Å²) in [5, 5.41) is 0.983. The van der Waals surface area contributed by atoms with Crippen molar-refractivity contribution in [2.75, 3.05) is 7.11 Å². The quantitative estimate of drug-likeness (QED) is 0.753. The molecule has 4 nitrogen and oxygen atoms in total. The van der Waals surface area contributed by atoms with Crippen LogP contribution in [0.5, 0.6) is 0 Å². The van der Waals surface area contributed by atoms with E-state index < -0.39 is 0 Å². The van der Waals surface area contributed by atoms with Crippen LogP contribution in [0.4, 0.5) is 0 Å². The molecular weight excluding hydrogens is 218 g/mol. The van der Waals surface area contributed by atoms with Crippen molar-refractivity contribution in [1.29, 1.82) is 0 Å². The van der Waals surface area contributed by atoms with Gasteiger partial charge in [0.15, 0.2) is 0 Å². The zero-order valence-electron chi connectivity index (χ0n) is 9.55. The Morgan fingerprint density at radius 3 is 2.76 bits per heavy atom. The minimum atomic E-state index is -0.315. The molecule has 0 fully saturated rings. The van der Waals surface area contributed by atoms with E-state index in [4.69, 9.17) is 0 Å². The Balaban J connectivity index is 2.41. The average molecular weight is 231 g/mol. The van der Waals surface area contributed by atoms with Crippen molar-refractivity contribution in [2.45, 2.75) is 13.0 Å². The summed E-state index contributed by atoms with van der Waals surface area (Å²) in [6.45, 7) is 0.340. The smallest absolute Gasteiger partial charge is 0.307 e. The molecule has 0 bridgehead atoms. The number of hydrogen-bond donors (Lipinski definition) is 0. The zero-order valence-corrected chi connectivity index (χ0v) is 9.55. The van der Waals surface area contributed by atoms with E-state index in [0.717, 1.165) is 10.9 Å². The van der Waals surface area contributed by atoms with Crippen LogP contribution >= 0.6 is 0 Å². The minimum Gasteiger partial charge on any atom is -0.469 e. The first-order chi connectivity index (χ1) is 8.22. The summed E-state index contributed by atoms with van der Waals surface area (Å²) in [6.07, 6.45) is 0.199. The Hall–Kier alpha value is -2.10. The third-order valence-electron chi connectivity index (χ3n) is 2.67. The maximum Gasteiger partial charge on any atom is 0.307 e. The average Bonchev–Trinajstić information content (AvgIpc) is 2.37. The highest BCUT2D eigenvalue weighted by Gasteiger charge is 2.05. The van der Waals surface area contributed by atoms with E-state index in [1.165, 1.54) is 13.2 Å². The predicted octanol–water partition coefficient (Wildman–Crippen LogP) is 1.56. The van der Waals surface area contributed by atoms with Gasteiger partial charge >= 0.3 is 5.97 Å². The molecule has 0 aliphatic heterocycles. The molecule has 0 unspecified atom stereocenters. The molecule has 0 amide bonds. The lowest BCUT2D eigenvalue weighted by molar-refractivity contribution is -0.140. The van der Waals surface area contributed by atoms with Gasteiger partial charge in [-0.15, -0.1) is 0 Å². The normalized spacial score (nSPS) is 10.4. The fourth-order valence-corrected chi connectivity index (χ4v) is 1.78. The molecule has 0 aliphatic rings. The molecule has 2 rings (SSSR count). The van der Waals surface area contributed by atoms with Crippen molar-refractivity contribution in [1.82, 2.24) is 4.57 Å². The molecule has 1 heterocycles. The Morgan fingerprint density at radius 2 is 2.00 bits per heavy atom. The van der Waals surface area contributed by atoms with Crippen molar-refractivity contribution in [2.24, 2.45) is 0 Å². The van der Waals surface area contributed by atoms with Gasteiger partial charge in [-0.2, -0.15) is 0 Å². The van der Waals surface area contributed by atoms with Gasteiger partial charge in [-0.3, -0.25) is 9.59 Å². The predicted molar refractivity (Wildman–Crippen MR) is 64.8 cm³/mol. The SMILES string of the molecule is COC(=O)CCn1c(=O)ccc2ccccc21. The number of para-hydroxylation sites is 1. The van der Waals surface area contributed by atoms with Crippen molar-refractivity contribution >= 4 is 16.9 Å². The first-order valence-corrected chi connectivity index (χ1v) is 5.38.